The molecule has 1 saturated carbocycles. The number of benzene rings is 1. The van der Waals surface area contributed by atoms with Gasteiger partial charge in [0, 0.05) is 0 Å². The molecule has 92 valence electrons. The third-order valence-electron chi connectivity index (χ3n) is 2.39. The van der Waals surface area contributed by atoms with E-state index < -0.39 is 18.6 Å². The summed E-state index contributed by atoms with van der Waals surface area (Å²) in [5, 5.41) is 0. The van der Waals surface area contributed by atoms with Crippen LogP contribution in [0.15, 0.2) is 24.3 Å². The van der Waals surface area contributed by atoms with Gasteiger partial charge in [0.25, 0.3) is 0 Å². The molecule has 0 atom stereocenters. The smallest absolute Gasteiger partial charge is 0.393 e. The number of carbonyl (C=O) groups excluding carboxylic acids is 1. The highest BCUT2D eigenvalue weighted by Crippen LogP contribution is 2.25. The molecule has 1 aromatic rings. The van der Waals surface area contributed by atoms with Crippen molar-refractivity contribution in [2.24, 2.45) is 0 Å². The van der Waals surface area contributed by atoms with Gasteiger partial charge >= 0.3 is 12.1 Å². The lowest BCUT2D eigenvalue weighted by Crippen LogP contribution is -2.12. The fraction of sp³-hybridized carbons (Fsp3) is 0.417. The Balaban J connectivity index is 1.99. The summed E-state index contributed by atoms with van der Waals surface area (Å²) in [6.45, 7) is 0. The summed E-state index contributed by atoms with van der Waals surface area (Å²) in [6, 6.07) is 5.34. The van der Waals surface area contributed by atoms with Crippen LogP contribution < -0.4 is 0 Å². The molecule has 5 heteroatoms. The largest absolute Gasteiger partial charge is 0.459 e. The second kappa shape index (κ2) is 4.39. The molecule has 17 heavy (non-hydrogen) atoms. The first-order valence-corrected chi connectivity index (χ1v) is 5.31. The molecule has 1 fully saturated rings. The van der Waals surface area contributed by atoms with Crippen molar-refractivity contribution in [1.29, 1.82) is 0 Å². The quantitative estimate of drug-likeness (QED) is 0.763. The van der Waals surface area contributed by atoms with Gasteiger partial charge in [-0.15, -0.1) is 0 Å². The first-order valence-electron chi connectivity index (χ1n) is 5.31. The van der Waals surface area contributed by atoms with Gasteiger partial charge in [0.1, 0.15) is 6.10 Å². The van der Waals surface area contributed by atoms with Gasteiger partial charge in [0.2, 0.25) is 0 Å². The minimum atomic E-state index is -4.23. The molecule has 0 amide bonds. The van der Waals surface area contributed by atoms with Gasteiger partial charge in [-0.25, -0.2) is 4.79 Å². The van der Waals surface area contributed by atoms with Crippen molar-refractivity contribution in [3.05, 3.63) is 35.4 Å². The van der Waals surface area contributed by atoms with Crippen LogP contribution in [-0.2, 0) is 11.2 Å². The maximum Gasteiger partial charge on any atom is 0.393 e. The highest BCUT2D eigenvalue weighted by atomic mass is 19.4. The summed E-state index contributed by atoms with van der Waals surface area (Å²) in [4.78, 5) is 11.4. The molecule has 0 N–H and O–H groups in total. The number of ether oxygens (including phenoxy) is 1. The lowest BCUT2D eigenvalue weighted by Gasteiger charge is -2.07. The van der Waals surface area contributed by atoms with Crippen LogP contribution in [0.4, 0.5) is 13.2 Å². The second-order valence-electron chi connectivity index (χ2n) is 4.09. The lowest BCUT2D eigenvalue weighted by atomic mass is 10.1. The number of alkyl halides is 3. The van der Waals surface area contributed by atoms with E-state index in [1.54, 1.807) is 0 Å². The van der Waals surface area contributed by atoms with E-state index in [2.05, 4.69) is 0 Å². The van der Waals surface area contributed by atoms with Gasteiger partial charge in [-0.05, 0) is 30.5 Å². The summed E-state index contributed by atoms with van der Waals surface area (Å²) >= 11 is 0. The van der Waals surface area contributed by atoms with Gasteiger partial charge in [0.05, 0.1) is 12.0 Å². The Hall–Kier alpha value is -1.52. The van der Waals surface area contributed by atoms with E-state index in [1.807, 2.05) is 0 Å². The molecule has 2 nitrogen and oxygen atoms in total. The molecule has 0 aliphatic heterocycles. The summed E-state index contributed by atoms with van der Waals surface area (Å²) in [6.07, 6.45) is -3.46. The third kappa shape index (κ3) is 3.76. The average Bonchev–Trinajstić information content (AvgIpc) is 3.00. The van der Waals surface area contributed by atoms with E-state index in [0.717, 1.165) is 12.8 Å². The minimum absolute atomic E-state index is 0.00245. The lowest BCUT2D eigenvalue weighted by molar-refractivity contribution is -0.127. The molecule has 0 saturated heterocycles. The van der Waals surface area contributed by atoms with Crippen molar-refractivity contribution in [2.75, 3.05) is 0 Å². The van der Waals surface area contributed by atoms with Crippen LogP contribution in [-0.4, -0.2) is 18.2 Å². The van der Waals surface area contributed by atoms with E-state index in [4.69, 9.17) is 4.74 Å². The number of hydrogen-bond donors (Lipinski definition) is 0. The Kier molecular flexibility index (Phi) is 3.09. The molecule has 1 aliphatic carbocycles. The zero-order valence-corrected chi connectivity index (χ0v) is 8.96. The van der Waals surface area contributed by atoms with Gasteiger partial charge in [-0.1, -0.05) is 12.1 Å². The normalized spacial score (nSPS) is 15.7. The molecule has 0 spiro atoms. The van der Waals surface area contributed by atoms with Crippen molar-refractivity contribution in [3.63, 3.8) is 0 Å². The summed E-state index contributed by atoms with van der Waals surface area (Å²) < 4.78 is 41.3. The maximum atomic E-state index is 12.1. The van der Waals surface area contributed by atoms with Crippen molar-refractivity contribution in [2.45, 2.75) is 31.5 Å². The summed E-state index contributed by atoms with van der Waals surface area (Å²) in [5.74, 6) is -0.467. The number of carbonyl (C=O) groups is 1. The van der Waals surface area contributed by atoms with Crippen LogP contribution in [0.5, 0.6) is 0 Å². The fourth-order valence-corrected chi connectivity index (χ4v) is 1.40. The maximum absolute atomic E-state index is 12.1. The predicted molar refractivity (Wildman–Crippen MR) is 54.6 cm³/mol. The van der Waals surface area contributed by atoms with Gasteiger partial charge in [-0.2, -0.15) is 13.2 Å². The van der Waals surface area contributed by atoms with Crippen LogP contribution in [0, 0.1) is 0 Å². The van der Waals surface area contributed by atoms with Crippen molar-refractivity contribution >= 4 is 5.97 Å². The molecule has 1 aliphatic rings. The SMILES string of the molecule is O=C(OC1CC1)c1ccc(CC(F)(F)F)cc1. The Morgan fingerprint density at radius 3 is 2.29 bits per heavy atom. The molecule has 0 bridgehead atoms. The Bertz CT molecular complexity index is 405. The molecule has 0 heterocycles. The van der Waals surface area contributed by atoms with Crippen LogP contribution in [0.3, 0.4) is 0 Å². The van der Waals surface area contributed by atoms with Crippen LogP contribution in [0.2, 0.25) is 0 Å². The minimum Gasteiger partial charge on any atom is -0.459 e. The van der Waals surface area contributed by atoms with E-state index in [-0.39, 0.29) is 11.7 Å². The first kappa shape index (κ1) is 12.0. The molecular weight excluding hydrogens is 233 g/mol. The average molecular weight is 244 g/mol. The Morgan fingerprint density at radius 2 is 1.82 bits per heavy atom. The zero-order valence-electron chi connectivity index (χ0n) is 8.96. The summed E-state index contributed by atoms with van der Waals surface area (Å²) in [5.41, 5.74) is 0.434. The van der Waals surface area contributed by atoms with Gasteiger partial charge < -0.3 is 4.74 Å². The highest BCUT2D eigenvalue weighted by Gasteiger charge is 2.28. The first-order chi connectivity index (χ1) is 7.94. The van der Waals surface area contributed by atoms with Crippen molar-refractivity contribution in [1.82, 2.24) is 0 Å². The number of rotatable bonds is 3. The molecule has 0 unspecified atom stereocenters. The van der Waals surface area contributed by atoms with Gasteiger partial charge in [-0.3, -0.25) is 0 Å². The number of halogens is 3. The van der Waals surface area contributed by atoms with Crippen LogP contribution in [0.25, 0.3) is 0 Å². The van der Waals surface area contributed by atoms with E-state index in [0.29, 0.717) is 5.56 Å². The topological polar surface area (TPSA) is 26.3 Å². The highest BCUT2D eigenvalue weighted by molar-refractivity contribution is 5.89. The fourth-order valence-electron chi connectivity index (χ4n) is 1.40. The number of esters is 1. The van der Waals surface area contributed by atoms with Crippen molar-refractivity contribution < 1.29 is 22.7 Å². The van der Waals surface area contributed by atoms with Crippen LogP contribution in [0.1, 0.15) is 28.8 Å². The van der Waals surface area contributed by atoms with Crippen molar-refractivity contribution in [3.8, 4) is 0 Å². The predicted octanol–water partition coefficient (Wildman–Crippen LogP) is 3.11. The second-order valence-corrected chi connectivity index (χ2v) is 4.09. The molecule has 0 aromatic heterocycles. The van der Waals surface area contributed by atoms with Crippen LogP contribution >= 0.6 is 0 Å². The number of hydrogen-bond acceptors (Lipinski definition) is 2. The Morgan fingerprint density at radius 1 is 1.24 bits per heavy atom. The standard InChI is InChI=1S/C12H11F3O2/c13-12(14,15)7-8-1-3-9(4-2-8)11(16)17-10-5-6-10/h1-4,10H,5-7H2. The zero-order chi connectivity index (χ0) is 12.5. The molecule has 1 aromatic carbocycles. The van der Waals surface area contributed by atoms with E-state index >= 15 is 0 Å². The molecule has 0 radical (unpaired) electrons. The Labute approximate surface area is 96.4 Å². The third-order valence-corrected chi connectivity index (χ3v) is 2.39. The van der Waals surface area contributed by atoms with Gasteiger partial charge in [0.15, 0.2) is 0 Å². The molecular formula is C12H11F3O2. The summed E-state index contributed by atoms with van der Waals surface area (Å²) in [7, 11) is 0. The van der Waals surface area contributed by atoms with E-state index in [1.165, 1.54) is 24.3 Å². The van der Waals surface area contributed by atoms with E-state index in [9.17, 15) is 18.0 Å². The monoisotopic (exact) mass is 244 g/mol. The molecule has 2 rings (SSSR count).